The number of anilines is 2. The molecule has 6 aromatic rings. The van der Waals surface area contributed by atoms with Crippen molar-refractivity contribution in [1.82, 2.24) is 0 Å². The number of furan rings is 2. The van der Waals surface area contributed by atoms with Crippen molar-refractivity contribution in [2.45, 2.75) is 182 Å². The minimum Gasteiger partial charge on any atom is -0.441 e. The van der Waals surface area contributed by atoms with Crippen molar-refractivity contribution in [3.63, 3.8) is 0 Å². The van der Waals surface area contributed by atoms with Crippen LogP contribution in [0.2, 0.25) is 0 Å². The van der Waals surface area contributed by atoms with Crippen LogP contribution in [0.25, 0.3) is 54.3 Å². The Morgan fingerprint density at radius 1 is 0.310 bits per heavy atom. The Hall–Kier alpha value is -3.66. The Bertz CT molecular complexity index is 1910. The minimum atomic E-state index is 0.993. The molecule has 0 aliphatic rings. The highest BCUT2D eigenvalue weighted by molar-refractivity contribution is 6.20. The van der Waals surface area contributed by atoms with Gasteiger partial charge >= 0.3 is 0 Å². The van der Waals surface area contributed by atoms with Crippen LogP contribution in [0, 0.1) is 0 Å². The first-order chi connectivity index (χ1) is 28.6. The first-order valence-electron chi connectivity index (χ1n) is 24.4. The SMILES string of the molecule is CCCCCCCCN(CCCCCCCC)c1cc2cc3ccc4c5cc6oc(N(CCCCCCCC)CCCCCCCC)cc6cc5ccc4c3cc2o1. The average molecular weight is 787 g/mol. The van der Waals surface area contributed by atoms with Gasteiger partial charge in [0.1, 0.15) is 11.2 Å². The molecule has 2 heterocycles. The highest BCUT2D eigenvalue weighted by Crippen LogP contribution is 2.38. The van der Waals surface area contributed by atoms with Crippen LogP contribution in [0.15, 0.2) is 69.5 Å². The largest absolute Gasteiger partial charge is 0.441 e. The summed E-state index contributed by atoms with van der Waals surface area (Å²) in [6.07, 6.45) is 31.6. The van der Waals surface area contributed by atoms with Crippen molar-refractivity contribution in [2.75, 3.05) is 36.0 Å². The molecule has 316 valence electrons. The van der Waals surface area contributed by atoms with Gasteiger partial charge in [-0.25, -0.2) is 0 Å². The van der Waals surface area contributed by atoms with E-state index < -0.39 is 0 Å². The van der Waals surface area contributed by atoms with Crippen molar-refractivity contribution in [1.29, 1.82) is 0 Å². The molecule has 4 nitrogen and oxygen atoms in total. The predicted octanol–water partition coefficient (Wildman–Crippen LogP) is 17.7. The van der Waals surface area contributed by atoms with Gasteiger partial charge in [-0.2, -0.15) is 0 Å². The van der Waals surface area contributed by atoms with Crippen molar-refractivity contribution in [3.8, 4) is 0 Å². The van der Waals surface area contributed by atoms with E-state index in [0.29, 0.717) is 0 Å². The van der Waals surface area contributed by atoms with Crippen LogP contribution < -0.4 is 9.80 Å². The van der Waals surface area contributed by atoms with E-state index in [0.717, 1.165) is 49.1 Å². The van der Waals surface area contributed by atoms with Crippen LogP contribution >= 0.6 is 0 Å². The molecular weight excluding hydrogens is 709 g/mol. The van der Waals surface area contributed by atoms with E-state index in [1.807, 2.05) is 0 Å². The summed E-state index contributed by atoms with van der Waals surface area (Å²) >= 11 is 0. The van der Waals surface area contributed by atoms with Crippen LogP contribution in [0.1, 0.15) is 182 Å². The fourth-order valence-corrected chi connectivity index (χ4v) is 9.23. The van der Waals surface area contributed by atoms with Gasteiger partial charge in [0.05, 0.1) is 0 Å². The standard InChI is InChI=1S/C54H78N2O2/c1-5-9-13-17-21-25-33-55(34-26-22-18-14-10-6-2)53-39-45-37-43-29-31-48-47(49(43)41-51(45)57-53)32-30-44-38-46-40-54(58-52(46)42-50(44)48)56(35-27-23-19-15-11-7-3)36-28-24-20-16-12-8-4/h29-32,37-42H,5-28,33-36H2,1-4H3. The summed E-state index contributed by atoms with van der Waals surface area (Å²) in [6.45, 7) is 13.5. The van der Waals surface area contributed by atoms with E-state index in [-0.39, 0.29) is 0 Å². The molecule has 0 aliphatic carbocycles. The molecule has 0 N–H and O–H groups in total. The molecule has 2 aromatic heterocycles. The van der Waals surface area contributed by atoms with Gasteiger partial charge in [0.15, 0.2) is 11.8 Å². The molecule has 0 atom stereocenters. The number of unbranched alkanes of at least 4 members (excludes halogenated alkanes) is 20. The number of rotatable bonds is 30. The molecule has 0 amide bonds. The molecule has 4 heteroatoms. The Morgan fingerprint density at radius 2 is 0.621 bits per heavy atom. The van der Waals surface area contributed by atoms with E-state index in [9.17, 15) is 0 Å². The molecule has 6 rings (SSSR count). The summed E-state index contributed by atoms with van der Waals surface area (Å²) in [6, 6.07) is 23.2. The van der Waals surface area contributed by atoms with Crippen LogP contribution in [-0.2, 0) is 0 Å². The van der Waals surface area contributed by atoms with E-state index in [1.165, 1.54) is 197 Å². The number of hydrogen-bond acceptors (Lipinski definition) is 4. The zero-order chi connectivity index (χ0) is 40.4. The second kappa shape index (κ2) is 23.8. The molecule has 0 unspecified atom stereocenters. The summed E-state index contributed by atoms with van der Waals surface area (Å²) in [5, 5.41) is 10.0. The fourth-order valence-electron chi connectivity index (χ4n) is 9.23. The molecule has 0 spiro atoms. The Morgan fingerprint density at radius 3 is 0.948 bits per heavy atom. The maximum absolute atomic E-state index is 6.76. The van der Waals surface area contributed by atoms with Gasteiger partial charge in [0.25, 0.3) is 0 Å². The molecule has 0 fully saturated rings. The number of hydrogen-bond donors (Lipinski definition) is 0. The molecule has 0 aliphatic heterocycles. The smallest absolute Gasteiger partial charge is 0.196 e. The zero-order valence-corrected chi connectivity index (χ0v) is 37.3. The van der Waals surface area contributed by atoms with Crippen LogP contribution in [0.4, 0.5) is 11.8 Å². The van der Waals surface area contributed by atoms with Crippen molar-refractivity contribution >= 4 is 66.0 Å². The highest BCUT2D eigenvalue weighted by Gasteiger charge is 2.17. The maximum Gasteiger partial charge on any atom is 0.196 e. The predicted molar refractivity (Wildman–Crippen MR) is 256 cm³/mol. The topological polar surface area (TPSA) is 32.8 Å². The maximum atomic E-state index is 6.76. The minimum absolute atomic E-state index is 0.993. The van der Waals surface area contributed by atoms with Gasteiger partial charge in [-0.3, -0.25) is 0 Å². The Kier molecular flexibility index (Phi) is 18.0. The van der Waals surface area contributed by atoms with Gasteiger partial charge in [-0.15, -0.1) is 0 Å². The third-order valence-electron chi connectivity index (χ3n) is 12.8. The van der Waals surface area contributed by atoms with E-state index >= 15 is 0 Å². The van der Waals surface area contributed by atoms with Crippen LogP contribution in [-0.4, -0.2) is 26.2 Å². The summed E-state index contributed by atoms with van der Waals surface area (Å²) < 4.78 is 13.5. The second-order valence-electron chi connectivity index (χ2n) is 17.7. The number of benzene rings is 4. The molecule has 0 radical (unpaired) electrons. The first kappa shape index (κ1) is 43.9. The third kappa shape index (κ3) is 12.2. The highest BCUT2D eigenvalue weighted by atomic mass is 16.4. The molecule has 4 aromatic carbocycles. The number of fused-ring (bicyclic) bond motifs is 7. The van der Waals surface area contributed by atoms with Gasteiger partial charge < -0.3 is 18.6 Å². The lowest BCUT2D eigenvalue weighted by Gasteiger charge is -2.22. The lowest BCUT2D eigenvalue weighted by Crippen LogP contribution is -2.25. The Labute approximate surface area is 352 Å². The summed E-state index contributed by atoms with van der Waals surface area (Å²) in [5.41, 5.74) is 1.99. The van der Waals surface area contributed by atoms with Crippen molar-refractivity contribution in [2.24, 2.45) is 0 Å². The van der Waals surface area contributed by atoms with Crippen molar-refractivity contribution in [3.05, 3.63) is 60.7 Å². The molecule has 0 saturated carbocycles. The fraction of sp³-hybridized carbons (Fsp3) is 0.593. The van der Waals surface area contributed by atoms with Gasteiger partial charge in [0.2, 0.25) is 0 Å². The molecule has 0 bridgehead atoms. The zero-order valence-electron chi connectivity index (χ0n) is 37.3. The van der Waals surface area contributed by atoms with Crippen molar-refractivity contribution < 1.29 is 8.83 Å². The third-order valence-corrected chi connectivity index (χ3v) is 12.8. The summed E-state index contributed by atoms with van der Waals surface area (Å²) in [7, 11) is 0. The quantitative estimate of drug-likeness (QED) is 0.0336. The number of nitrogens with zero attached hydrogens (tertiary/aromatic N) is 2. The van der Waals surface area contributed by atoms with E-state index in [4.69, 9.17) is 8.83 Å². The summed E-state index contributed by atoms with van der Waals surface area (Å²) in [4.78, 5) is 5.09. The van der Waals surface area contributed by atoms with Crippen LogP contribution in [0.3, 0.4) is 0 Å². The van der Waals surface area contributed by atoms with Crippen LogP contribution in [0.5, 0.6) is 0 Å². The van der Waals surface area contributed by atoms with Gasteiger partial charge in [0, 0.05) is 49.1 Å². The molecule has 58 heavy (non-hydrogen) atoms. The van der Waals surface area contributed by atoms with E-state index in [2.05, 4.69) is 98.2 Å². The lowest BCUT2D eigenvalue weighted by atomic mass is 9.96. The lowest BCUT2D eigenvalue weighted by molar-refractivity contribution is 0.535. The first-order valence-corrected chi connectivity index (χ1v) is 24.4. The molecular formula is C54H78N2O2. The van der Waals surface area contributed by atoms with Gasteiger partial charge in [-0.1, -0.05) is 180 Å². The summed E-state index contributed by atoms with van der Waals surface area (Å²) in [5.74, 6) is 2.08. The van der Waals surface area contributed by atoms with Gasteiger partial charge in [-0.05, 0) is 82.3 Å². The molecule has 0 saturated heterocycles. The second-order valence-corrected chi connectivity index (χ2v) is 17.7. The normalized spacial score (nSPS) is 12.0. The Balaban J connectivity index is 1.23. The monoisotopic (exact) mass is 787 g/mol. The van der Waals surface area contributed by atoms with E-state index in [1.54, 1.807) is 0 Å². The average Bonchev–Trinajstić information content (AvgIpc) is 3.86.